The van der Waals surface area contributed by atoms with Crippen molar-refractivity contribution in [2.45, 2.75) is 38.2 Å². The summed E-state index contributed by atoms with van der Waals surface area (Å²) in [6.07, 6.45) is 6.01. The van der Waals surface area contributed by atoms with E-state index in [-0.39, 0.29) is 17.3 Å². The number of nitrogens with zero attached hydrogens (tertiary/aromatic N) is 2. The van der Waals surface area contributed by atoms with Crippen LogP contribution in [0.2, 0.25) is 0 Å². The summed E-state index contributed by atoms with van der Waals surface area (Å²) in [5.74, 6) is -1.78. The van der Waals surface area contributed by atoms with Crippen LogP contribution in [0.1, 0.15) is 59.7 Å². The number of rotatable bonds is 11. The van der Waals surface area contributed by atoms with Crippen LogP contribution >= 0.6 is 0 Å². The number of unbranched alkanes of at least 4 members (excludes halogenated alkanes) is 2. The van der Waals surface area contributed by atoms with Crippen LogP contribution in [0.4, 0.5) is 15.9 Å². The Bertz CT molecular complexity index is 1400. The van der Waals surface area contributed by atoms with Crippen LogP contribution in [0.3, 0.4) is 0 Å². The van der Waals surface area contributed by atoms with Gasteiger partial charge in [0, 0.05) is 37.0 Å². The second-order valence-electron chi connectivity index (χ2n) is 9.77. The summed E-state index contributed by atoms with van der Waals surface area (Å²) in [4.78, 5) is 45.0. The van der Waals surface area contributed by atoms with E-state index in [9.17, 15) is 18.8 Å². The lowest BCUT2D eigenvalue weighted by Crippen LogP contribution is -2.34. The molecule has 2 amide bonds. The smallest absolute Gasteiger partial charge is 0.343 e. The number of esters is 1. The molecule has 9 nitrogen and oxygen atoms in total. The van der Waals surface area contributed by atoms with Gasteiger partial charge in [-0.15, -0.1) is 0 Å². The van der Waals surface area contributed by atoms with Crippen LogP contribution in [0.25, 0.3) is 5.57 Å². The highest BCUT2D eigenvalue weighted by molar-refractivity contribution is 6.00. The van der Waals surface area contributed by atoms with E-state index >= 15 is 0 Å². The Morgan fingerprint density at radius 1 is 1.05 bits per heavy atom. The standard InChI is InChI=1S/C31H34FN5O4/c32-24-10-12-25(13-11-24)36-30(39)28(22-7-3-1-4-8-22)41-31(40)26-19-23(20-35-29(26)34)21-14-17-37(18-15-21)27(38)9-5-2-6-16-33/h1,3-4,7-8,10-14,19-20,28H,2,5-6,9,15-18,33H2,(H2,34,35)(H,36,39). The number of carbonyl (C=O) groups excluding carboxylic acids is 3. The molecule has 0 fully saturated rings. The number of nitrogens with one attached hydrogen (secondary N) is 1. The topological polar surface area (TPSA) is 141 Å². The number of pyridine rings is 1. The van der Waals surface area contributed by atoms with Crippen molar-refractivity contribution in [3.8, 4) is 0 Å². The van der Waals surface area contributed by atoms with E-state index in [1.54, 1.807) is 42.6 Å². The molecule has 1 unspecified atom stereocenters. The molecule has 10 heteroatoms. The molecule has 0 saturated carbocycles. The zero-order chi connectivity index (χ0) is 29.2. The molecule has 0 saturated heterocycles. The number of hydrogen-bond donors (Lipinski definition) is 3. The number of hydrogen-bond acceptors (Lipinski definition) is 7. The Balaban J connectivity index is 1.47. The molecule has 214 valence electrons. The molecule has 5 N–H and O–H groups in total. The van der Waals surface area contributed by atoms with E-state index in [2.05, 4.69) is 10.3 Å². The second-order valence-corrected chi connectivity index (χ2v) is 9.77. The maximum Gasteiger partial charge on any atom is 0.343 e. The van der Waals surface area contributed by atoms with E-state index in [0.717, 1.165) is 24.8 Å². The van der Waals surface area contributed by atoms with Crippen molar-refractivity contribution < 1.29 is 23.5 Å². The van der Waals surface area contributed by atoms with Crippen molar-refractivity contribution in [3.05, 3.63) is 95.4 Å². The summed E-state index contributed by atoms with van der Waals surface area (Å²) in [5.41, 5.74) is 14.0. The maximum absolute atomic E-state index is 13.3. The molecule has 0 aliphatic carbocycles. The van der Waals surface area contributed by atoms with Gasteiger partial charge >= 0.3 is 5.97 Å². The average molecular weight is 560 g/mol. The number of carbonyl (C=O) groups is 3. The number of nitrogens with two attached hydrogens (primary N) is 2. The fourth-order valence-corrected chi connectivity index (χ4v) is 4.54. The number of amides is 2. The number of nitrogen functional groups attached to an aromatic ring is 1. The highest BCUT2D eigenvalue weighted by Gasteiger charge is 2.28. The third-order valence-corrected chi connectivity index (χ3v) is 6.84. The number of benzene rings is 2. The van der Waals surface area contributed by atoms with Crippen LogP contribution in [0.15, 0.2) is 72.9 Å². The van der Waals surface area contributed by atoms with Crippen LogP contribution in [0, 0.1) is 5.82 Å². The van der Waals surface area contributed by atoms with Crippen molar-refractivity contribution >= 4 is 34.9 Å². The lowest BCUT2D eigenvalue weighted by Gasteiger charge is -2.27. The third kappa shape index (κ3) is 7.98. The number of aromatic nitrogens is 1. The Hall–Kier alpha value is -4.57. The van der Waals surface area contributed by atoms with Crippen LogP contribution in [-0.4, -0.2) is 47.3 Å². The van der Waals surface area contributed by atoms with Crippen molar-refractivity contribution in [1.29, 1.82) is 0 Å². The fraction of sp³-hybridized carbons (Fsp3) is 0.290. The first-order chi connectivity index (χ1) is 19.9. The molecule has 0 spiro atoms. The van der Waals surface area contributed by atoms with Gasteiger partial charge in [-0.25, -0.2) is 14.2 Å². The van der Waals surface area contributed by atoms with Gasteiger partial charge in [0.05, 0.1) is 0 Å². The van der Waals surface area contributed by atoms with Crippen molar-refractivity contribution in [2.24, 2.45) is 5.73 Å². The zero-order valence-electron chi connectivity index (χ0n) is 22.7. The minimum atomic E-state index is -1.30. The monoisotopic (exact) mass is 559 g/mol. The minimum Gasteiger partial charge on any atom is -0.444 e. The first-order valence-corrected chi connectivity index (χ1v) is 13.6. The predicted octanol–water partition coefficient (Wildman–Crippen LogP) is 4.47. The van der Waals surface area contributed by atoms with Crippen molar-refractivity contribution in [1.82, 2.24) is 9.88 Å². The summed E-state index contributed by atoms with van der Waals surface area (Å²) in [6, 6.07) is 15.4. The van der Waals surface area contributed by atoms with Gasteiger partial charge in [-0.05, 0) is 67.3 Å². The molecule has 3 aromatic rings. The predicted molar refractivity (Wildman–Crippen MR) is 155 cm³/mol. The first kappa shape index (κ1) is 29.4. The molecule has 2 aromatic carbocycles. The highest BCUT2D eigenvalue weighted by Crippen LogP contribution is 2.27. The Morgan fingerprint density at radius 2 is 1.80 bits per heavy atom. The van der Waals surface area contributed by atoms with E-state index in [0.29, 0.717) is 49.3 Å². The summed E-state index contributed by atoms with van der Waals surface area (Å²) >= 11 is 0. The molecule has 1 atom stereocenters. The number of anilines is 2. The molecular formula is C31H34FN5O4. The summed E-state index contributed by atoms with van der Waals surface area (Å²) in [6.45, 7) is 1.66. The minimum absolute atomic E-state index is 0.0253. The SMILES string of the molecule is NCCCCCC(=O)N1CC=C(c2cnc(N)c(C(=O)OC(C(=O)Nc3ccc(F)cc3)c3ccccc3)c2)CC1. The van der Waals surface area contributed by atoms with Crippen molar-refractivity contribution in [3.63, 3.8) is 0 Å². The zero-order valence-corrected chi connectivity index (χ0v) is 22.7. The third-order valence-electron chi connectivity index (χ3n) is 6.84. The largest absolute Gasteiger partial charge is 0.444 e. The van der Waals surface area contributed by atoms with Crippen LogP contribution in [-0.2, 0) is 14.3 Å². The molecule has 1 aromatic heterocycles. The Labute approximate surface area is 238 Å². The molecule has 1 aliphatic heterocycles. The van der Waals surface area contributed by atoms with Gasteiger partial charge in [0.25, 0.3) is 5.91 Å². The van der Waals surface area contributed by atoms with E-state index in [1.807, 2.05) is 11.0 Å². The van der Waals surface area contributed by atoms with Gasteiger partial charge in [-0.2, -0.15) is 0 Å². The summed E-state index contributed by atoms with van der Waals surface area (Å²) in [5, 5.41) is 2.66. The molecule has 0 bridgehead atoms. The maximum atomic E-state index is 13.3. The first-order valence-electron chi connectivity index (χ1n) is 13.6. The van der Waals surface area contributed by atoms with E-state index < -0.39 is 23.8 Å². The van der Waals surface area contributed by atoms with Gasteiger partial charge in [0.15, 0.2) is 0 Å². The van der Waals surface area contributed by atoms with E-state index in [4.69, 9.17) is 16.2 Å². The van der Waals surface area contributed by atoms with Gasteiger partial charge in [0.1, 0.15) is 17.2 Å². The van der Waals surface area contributed by atoms with Gasteiger partial charge in [-0.1, -0.05) is 42.8 Å². The molecule has 4 rings (SSSR count). The quantitative estimate of drug-likeness (QED) is 0.232. The molecular weight excluding hydrogens is 525 g/mol. The lowest BCUT2D eigenvalue weighted by molar-refractivity contribution is -0.131. The van der Waals surface area contributed by atoms with Gasteiger partial charge in [-0.3, -0.25) is 9.59 Å². The Kier molecular flexibility index (Phi) is 10.2. The molecule has 41 heavy (non-hydrogen) atoms. The summed E-state index contributed by atoms with van der Waals surface area (Å²) < 4.78 is 19.0. The molecule has 1 aliphatic rings. The molecule has 0 radical (unpaired) electrons. The normalized spacial score (nSPS) is 13.7. The fourth-order valence-electron chi connectivity index (χ4n) is 4.54. The Morgan fingerprint density at radius 3 is 2.49 bits per heavy atom. The lowest BCUT2D eigenvalue weighted by atomic mass is 9.99. The number of ether oxygens (including phenoxy) is 1. The number of halogens is 1. The van der Waals surface area contributed by atoms with Crippen molar-refractivity contribution in [2.75, 3.05) is 30.7 Å². The summed E-state index contributed by atoms with van der Waals surface area (Å²) in [7, 11) is 0. The molecule has 2 heterocycles. The van der Waals surface area contributed by atoms with E-state index in [1.165, 1.54) is 24.3 Å². The van der Waals surface area contributed by atoms with Gasteiger partial charge in [0.2, 0.25) is 12.0 Å². The highest BCUT2D eigenvalue weighted by atomic mass is 19.1. The average Bonchev–Trinajstić information content (AvgIpc) is 2.99. The van der Waals surface area contributed by atoms with Gasteiger partial charge < -0.3 is 26.4 Å². The van der Waals surface area contributed by atoms with Crippen LogP contribution < -0.4 is 16.8 Å². The van der Waals surface area contributed by atoms with Crippen LogP contribution in [0.5, 0.6) is 0 Å². The second kappa shape index (κ2) is 14.2.